The van der Waals surface area contributed by atoms with Crippen molar-refractivity contribution in [3.8, 4) is 0 Å². The summed E-state index contributed by atoms with van der Waals surface area (Å²) in [5.74, 6) is 0.749. The van der Waals surface area contributed by atoms with Gasteiger partial charge in [-0.1, -0.05) is 12.1 Å². The molecular weight excluding hydrogens is 200 g/mol. The van der Waals surface area contributed by atoms with Crippen molar-refractivity contribution in [2.75, 3.05) is 13.1 Å². The number of carbonyl (C=O) groups excluding carboxylic acids is 1. The Balaban J connectivity index is 1.92. The molecule has 2 aliphatic heterocycles. The Hall–Kier alpha value is -1.64. The van der Waals surface area contributed by atoms with Crippen molar-refractivity contribution in [3.05, 3.63) is 29.8 Å². The molecule has 0 unspecified atom stereocenters. The molecule has 1 aromatic rings. The number of amidine groups is 1. The third kappa shape index (κ3) is 1.43. The first-order valence-electron chi connectivity index (χ1n) is 5.83. The van der Waals surface area contributed by atoms with E-state index in [-0.39, 0.29) is 5.78 Å². The number of ketones is 1. The first-order chi connectivity index (χ1) is 7.86. The highest BCUT2D eigenvalue weighted by molar-refractivity contribution is 6.48. The Morgan fingerprint density at radius 3 is 2.56 bits per heavy atom. The summed E-state index contributed by atoms with van der Waals surface area (Å²) in [5.41, 5.74) is 1.58. The highest BCUT2D eigenvalue weighted by atomic mass is 16.1. The summed E-state index contributed by atoms with van der Waals surface area (Å²) in [6.07, 6.45) is 3.61. The van der Waals surface area contributed by atoms with E-state index in [0.717, 1.165) is 24.3 Å². The van der Waals surface area contributed by atoms with Crippen molar-refractivity contribution in [1.82, 2.24) is 4.90 Å². The lowest BCUT2D eigenvalue weighted by Gasteiger charge is -2.27. The van der Waals surface area contributed by atoms with Crippen molar-refractivity contribution in [2.45, 2.75) is 19.3 Å². The molecule has 82 valence electrons. The van der Waals surface area contributed by atoms with E-state index in [0.29, 0.717) is 5.84 Å². The highest BCUT2D eigenvalue weighted by Gasteiger charge is 2.28. The summed E-state index contributed by atoms with van der Waals surface area (Å²) in [6.45, 7) is 1.94. The Bertz CT molecular complexity index is 459. The molecule has 0 amide bonds. The van der Waals surface area contributed by atoms with Crippen LogP contribution in [0.25, 0.3) is 0 Å². The molecule has 0 bridgehead atoms. The molecule has 0 spiro atoms. The van der Waals surface area contributed by atoms with E-state index in [2.05, 4.69) is 9.89 Å². The van der Waals surface area contributed by atoms with Crippen LogP contribution < -0.4 is 0 Å². The number of para-hydroxylation sites is 1. The normalized spacial score (nSPS) is 19.6. The standard InChI is InChI=1S/C13H14N2O/c16-12-10-6-2-3-7-11(10)14-13(12)15-8-4-1-5-9-15/h2-3,6-7H,1,4-5,8-9H2. The van der Waals surface area contributed by atoms with Crippen LogP contribution >= 0.6 is 0 Å². The number of nitrogens with zero attached hydrogens (tertiary/aromatic N) is 2. The van der Waals surface area contributed by atoms with Crippen LogP contribution in [0, 0.1) is 0 Å². The molecule has 1 saturated heterocycles. The number of hydrogen-bond acceptors (Lipinski definition) is 3. The Labute approximate surface area is 94.8 Å². The van der Waals surface area contributed by atoms with E-state index in [1.165, 1.54) is 19.3 Å². The molecule has 3 nitrogen and oxygen atoms in total. The molecular formula is C13H14N2O. The van der Waals surface area contributed by atoms with Gasteiger partial charge in [-0.25, -0.2) is 4.99 Å². The fourth-order valence-electron chi connectivity index (χ4n) is 2.37. The summed E-state index contributed by atoms with van der Waals surface area (Å²) >= 11 is 0. The zero-order valence-electron chi connectivity index (χ0n) is 9.15. The topological polar surface area (TPSA) is 32.7 Å². The van der Waals surface area contributed by atoms with Gasteiger partial charge in [0.2, 0.25) is 5.78 Å². The number of Topliss-reactive ketones (excluding diaryl/α,β-unsaturated/α-hetero) is 1. The van der Waals surface area contributed by atoms with Crippen molar-refractivity contribution >= 4 is 17.3 Å². The minimum absolute atomic E-state index is 0.0949. The van der Waals surface area contributed by atoms with E-state index in [9.17, 15) is 4.79 Å². The number of piperidine rings is 1. The number of hydrogen-bond donors (Lipinski definition) is 0. The molecule has 2 heterocycles. The molecule has 2 aliphatic rings. The Morgan fingerprint density at radius 1 is 1.06 bits per heavy atom. The third-order valence-electron chi connectivity index (χ3n) is 3.23. The molecule has 0 aliphatic carbocycles. The van der Waals surface area contributed by atoms with E-state index in [1.54, 1.807) is 0 Å². The van der Waals surface area contributed by atoms with Gasteiger partial charge in [-0.15, -0.1) is 0 Å². The van der Waals surface area contributed by atoms with Crippen LogP contribution in [-0.2, 0) is 0 Å². The lowest BCUT2D eigenvalue weighted by Crippen LogP contribution is -2.38. The SMILES string of the molecule is O=C1C(N2CCCCC2)=Nc2ccccc21. The third-order valence-corrected chi connectivity index (χ3v) is 3.23. The Morgan fingerprint density at radius 2 is 1.81 bits per heavy atom. The average molecular weight is 214 g/mol. The van der Waals surface area contributed by atoms with Crippen LogP contribution in [0.2, 0.25) is 0 Å². The predicted octanol–water partition coefficient (Wildman–Crippen LogP) is 2.40. The van der Waals surface area contributed by atoms with Gasteiger partial charge in [0, 0.05) is 13.1 Å². The number of likely N-dealkylation sites (tertiary alicyclic amines) is 1. The van der Waals surface area contributed by atoms with Gasteiger partial charge in [-0.05, 0) is 31.4 Å². The quantitative estimate of drug-likeness (QED) is 0.664. The van der Waals surface area contributed by atoms with Crippen LogP contribution in [0.5, 0.6) is 0 Å². The molecule has 0 aromatic heterocycles. The van der Waals surface area contributed by atoms with E-state index in [1.807, 2.05) is 24.3 Å². The van der Waals surface area contributed by atoms with Gasteiger partial charge in [0.05, 0.1) is 11.3 Å². The van der Waals surface area contributed by atoms with Crippen molar-refractivity contribution < 1.29 is 4.79 Å². The molecule has 1 fully saturated rings. The zero-order valence-corrected chi connectivity index (χ0v) is 9.15. The van der Waals surface area contributed by atoms with Crippen molar-refractivity contribution in [2.24, 2.45) is 4.99 Å². The largest absolute Gasteiger partial charge is 0.353 e. The van der Waals surface area contributed by atoms with Crippen LogP contribution in [0.15, 0.2) is 29.3 Å². The van der Waals surface area contributed by atoms with Crippen LogP contribution in [0.3, 0.4) is 0 Å². The number of benzene rings is 1. The van der Waals surface area contributed by atoms with E-state index >= 15 is 0 Å². The zero-order chi connectivity index (χ0) is 11.0. The van der Waals surface area contributed by atoms with Crippen LogP contribution in [0.1, 0.15) is 29.6 Å². The van der Waals surface area contributed by atoms with Crippen LogP contribution in [-0.4, -0.2) is 29.6 Å². The molecule has 16 heavy (non-hydrogen) atoms. The number of fused-ring (bicyclic) bond motifs is 1. The molecule has 0 N–H and O–H groups in total. The first kappa shape index (κ1) is 9.58. The maximum atomic E-state index is 12.1. The summed E-state index contributed by atoms with van der Waals surface area (Å²) in [4.78, 5) is 18.7. The van der Waals surface area contributed by atoms with Gasteiger partial charge < -0.3 is 4.90 Å². The fourth-order valence-corrected chi connectivity index (χ4v) is 2.37. The van der Waals surface area contributed by atoms with E-state index < -0.39 is 0 Å². The second-order valence-corrected chi connectivity index (χ2v) is 4.33. The number of aliphatic imine (C=N–C) groups is 1. The number of carbonyl (C=O) groups is 1. The molecule has 1 aromatic carbocycles. The van der Waals surface area contributed by atoms with Gasteiger partial charge >= 0.3 is 0 Å². The van der Waals surface area contributed by atoms with Crippen LogP contribution in [0.4, 0.5) is 5.69 Å². The maximum Gasteiger partial charge on any atom is 0.230 e. The minimum Gasteiger partial charge on any atom is -0.353 e. The minimum atomic E-state index is 0.0949. The lowest BCUT2D eigenvalue weighted by atomic mass is 10.1. The molecule has 3 heteroatoms. The fraction of sp³-hybridized carbons (Fsp3) is 0.385. The first-order valence-corrected chi connectivity index (χ1v) is 5.83. The summed E-state index contributed by atoms with van der Waals surface area (Å²) in [6, 6.07) is 7.59. The molecule has 0 radical (unpaired) electrons. The monoisotopic (exact) mass is 214 g/mol. The molecule has 3 rings (SSSR count). The summed E-state index contributed by atoms with van der Waals surface area (Å²) in [7, 11) is 0. The van der Waals surface area contributed by atoms with E-state index in [4.69, 9.17) is 0 Å². The smallest absolute Gasteiger partial charge is 0.230 e. The van der Waals surface area contributed by atoms with Crippen molar-refractivity contribution in [1.29, 1.82) is 0 Å². The summed E-state index contributed by atoms with van der Waals surface area (Å²) in [5, 5.41) is 0. The van der Waals surface area contributed by atoms with Gasteiger partial charge in [0.1, 0.15) is 0 Å². The highest BCUT2D eigenvalue weighted by Crippen LogP contribution is 2.28. The second-order valence-electron chi connectivity index (χ2n) is 4.33. The van der Waals surface area contributed by atoms with Gasteiger partial charge in [0.25, 0.3) is 0 Å². The second kappa shape index (κ2) is 3.74. The lowest BCUT2D eigenvalue weighted by molar-refractivity contribution is 0.105. The van der Waals surface area contributed by atoms with Gasteiger partial charge in [-0.2, -0.15) is 0 Å². The summed E-state index contributed by atoms with van der Waals surface area (Å²) < 4.78 is 0. The molecule has 0 saturated carbocycles. The average Bonchev–Trinajstić information content (AvgIpc) is 2.69. The molecule has 0 atom stereocenters. The number of rotatable bonds is 0. The Kier molecular flexibility index (Phi) is 2.24. The predicted molar refractivity (Wildman–Crippen MR) is 63.3 cm³/mol. The van der Waals surface area contributed by atoms with Gasteiger partial charge in [-0.3, -0.25) is 4.79 Å². The van der Waals surface area contributed by atoms with Crippen molar-refractivity contribution in [3.63, 3.8) is 0 Å². The van der Waals surface area contributed by atoms with Gasteiger partial charge in [0.15, 0.2) is 5.84 Å². The maximum absolute atomic E-state index is 12.1.